The Morgan fingerprint density at radius 3 is 1.88 bits per heavy atom. The van der Waals surface area contributed by atoms with E-state index in [1.54, 1.807) is 19.1 Å². The van der Waals surface area contributed by atoms with Crippen molar-refractivity contribution in [1.29, 1.82) is 0 Å². The second-order valence-electron chi connectivity index (χ2n) is 7.65. The van der Waals surface area contributed by atoms with Crippen molar-refractivity contribution in [1.82, 2.24) is 0 Å². The van der Waals surface area contributed by atoms with Crippen LogP contribution in [0.2, 0.25) is 0 Å². The molecule has 0 aliphatic heterocycles. The van der Waals surface area contributed by atoms with E-state index >= 15 is 0 Å². The molecule has 0 fully saturated rings. The highest BCUT2D eigenvalue weighted by Crippen LogP contribution is 2.49. The number of aryl methyl sites for hydroxylation is 1. The number of hydrogen-bond acceptors (Lipinski definition) is 1. The van der Waals surface area contributed by atoms with Crippen molar-refractivity contribution in [2.75, 3.05) is 0 Å². The molecule has 0 spiro atoms. The lowest BCUT2D eigenvalue weighted by molar-refractivity contribution is -0.343. The molecular weight excluding hydrogens is 320 g/mol. The van der Waals surface area contributed by atoms with Crippen LogP contribution in [0.5, 0.6) is 5.75 Å². The first-order valence-corrected chi connectivity index (χ1v) is 8.27. The van der Waals surface area contributed by atoms with Crippen LogP contribution in [0.25, 0.3) is 0 Å². The van der Waals surface area contributed by atoms with Gasteiger partial charge >= 0.3 is 12.0 Å². The number of ether oxygens (including phenoxy) is 1. The van der Waals surface area contributed by atoms with Gasteiger partial charge in [-0.3, -0.25) is 0 Å². The van der Waals surface area contributed by atoms with Crippen molar-refractivity contribution in [2.24, 2.45) is 5.41 Å². The van der Waals surface area contributed by atoms with Crippen LogP contribution in [-0.4, -0.2) is 12.0 Å². The van der Waals surface area contributed by atoms with E-state index in [2.05, 4.69) is 4.74 Å². The van der Waals surface area contributed by atoms with Gasteiger partial charge in [-0.1, -0.05) is 53.7 Å². The SMILES string of the molecule is CCC(C)(C)c1ccc(OC(F)(F)C(F)(F)C(C)(C)CC)c(C)c1. The van der Waals surface area contributed by atoms with Gasteiger partial charge in [0, 0.05) is 5.41 Å². The van der Waals surface area contributed by atoms with Crippen molar-refractivity contribution < 1.29 is 22.3 Å². The third-order valence-electron chi connectivity index (χ3n) is 5.18. The highest BCUT2D eigenvalue weighted by molar-refractivity contribution is 5.39. The summed E-state index contributed by atoms with van der Waals surface area (Å²) >= 11 is 0. The Kier molecular flexibility index (Phi) is 5.69. The minimum atomic E-state index is -4.58. The topological polar surface area (TPSA) is 9.23 Å². The normalized spacial score (nSPS) is 14.0. The Bertz CT molecular complexity index is 577. The summed E-state index contributed by atoms with van der Waals surface area (Å²) in [6, 6.07) is 4.73. The third kappa shape index (κ3) is 3.70. The number of hydrogen-bond donors (Lipinski definition) is 0. The van der Waals surface area contributed by atoms with Gasteiger partial charge in [-0.2, -0.15) is 17.6 Å². The summed E-state index contributed by atoms with van der Waals surface area (Å²) < 4.78 is 61.4. The molecule has 0 saturated carbocycles. The maximum Gasteiger partial charge on any atom is 0.464 e. The molecule has 1 aromatic rings. The molecule has 1 aromatic carbocycles. The molecule has 0 aliphatic carbocycles. The number of rotatable bonds is 7. The zero-order chi connectivity index (χ0) is 19.0. The van der Waals surface area contributed by atoms with E-state index in [1.165, 1.54) is 13.0 Å². The van der Waals surface area contributed by atoms with Gasteiger partial charge in [-0.05, 0) is 42.4 Å². The van der Waals surface area contributed by atoms with E-state index < -0.39 is 17.4 Å². The average Bonchev–Trinajstić information content (AvgIpc) is 2.48. The first-order chi connectivity index (χ1) is 10.7. The van der Waals surface area contributed by atoms with Crippen molar-refractivity contribution in [2.45, 2.75) is 78.8 Å². The number of benzene rings is 1. The van der Waals surface area contributed by atoms with E-state index in [4.69, 9.17) is 0 Å². The van der Waals surface area contributed by atoms with E-state index in [1.807, 2.05) is 20.8 Å². The van der Waals surface area contributed by atoms with E-state index in [9.17, 15) is 17.6 Å². The van der Waals surface area contributed by atoms with Crippen molar-refractivity contribution in [3.8, 4) is 5.75 Å². The van der Waals surface area contributed by atoms with Crippen LogP contribution in [0.15, 0.2) is 18.2 Å². The molecule has 5 heteroatoms. The predicted octanol–water partition coefficient (Wildman–Crippen LogP) is 6.73. The van der Waals surface area contributed by atoms with Crippen LogP contribution in [0.4, 0.5) is 17.6 Å². The molecule has 0 heterocycles. The van der Waals surface area contributed by atoms with Gasteiger partial charge in [0.25, 0.3) is 0 Å². The van der Waals surface area contributed by atoms with Gasteiger partial charge in [0.1, 0.15) is 5.75 Å². The zero-order valence-corrected chi connectivity index (χ0v) is 15.6. The summed E-state index contributed by atoms with van der Waals surface area (Å²) in [7, 11) is 0. The van der Waals surface area contributed by atoms with Crippen molar-refractivity contribution in [3.63, 3.8) is 0 Å². The average molecular weight is 348 g/mol. The molecule has 1 rings (SSSR count). The Labute approximate surface area is 142 Å². The molecule has 0 bridgehead atoms. The van der Waals surface area contributed by atoms with Crippen LogP contribution in [0.3, 0.4) is 0 Å². The molecule has 1 nitrogen and oxygen atoms in total. The number of halogens is 4. The first-order valence-electron chi connectivity index (χ1n) is 8.27. The minimum absolute atomic E-state index is 0.0957. The lowest BCUT2D eigenvalue weighted by atomic mass is 9.81. The summed E-state index contributed by atoms with van der Waals surface area (Å²) in [6.45, 7) is 11.4. The quantitative estimate of drug-likeness (QED) is 0.497. The predicted molar refractivity (Wildman–Crippen MR) is 89.1 cm³/mol. The molecule has 0 aliphatic rings. The largest absolute Gasteiger partial charge is 0.464 e. The molecule has 0 amide bonds. The lowest BCUT2D eigenvalue weighted by Gasteiger charge is -2.37. The number of alkyl halides is 4. The van der Waals surface area contributed by atoms with Gasteiger partial charge in [-0.25, -0.2) is 0 Å². The maximum atomic E-state index is 14.2. The van der Waals surface area contributed by atoms with E-state index in [0.29, 0.717) is 5.56 Å². The molecular formula is C19H28F4O. The van der Waals surface area contributed by atoms with Gasteiger partial charge in [0.2, 0.25) is 0 Å². The summed E-state index contributed by atoms with van der Waals surface area (Å²) in [5, 5.41) is 0. The molecule has 0 N–H and O–H groups in total. The molecule has 0 aromatic heterocycles. The minimum Gasteiger partial charge on any atom is -0.428 e. The Morgan fingerprint density at radius 1 is 0.917 bits per heavy atom. The standard InChI is InChI=1S/C19H28F4O/c1-8-16(4,5)14-10-11-15(13(3)12-14)24-19(22,23)18(20,21)17(6,7)9-2/h10-12H,8-9H2,1-7H3. The van der Waals surface area contributed by atoms with Gasteiger partial charge in [0.15, 0.2) is 0 Å². The van der Waals surface area contributed by atoms with Crippen LogP contribution in [-0.2, 0) is 5.41 Å². The molecule has 0 atom stereocenters. The second-order valence-corrected chi connectivity index (χ2v) is 7.65. The molecule has 0 unspecified atom stereocenters. The Balaban J connectivity index is 3.17. The van der Waals surface area contributed by atoms with Gasteiger partial charge in [-0.15, -0.1) is 0 Å². The fourth-order valence-corrected chi connectivity index (χ4v) is 2.21. The van der Waals surface area contributed by atoms with E-state index in [0.717, 1.165) is 25.8 Å². The zero-order valence-electron chi connectivity index (χ0n) is 15.6. The maximum absolute atomic E-state index is 14.2. The van der Waals surface area contributed by atoms with Crippen molar-refractivity contribution >= 4 is 0 Å². The van der Waals surface area contributed by atoms with Crippen LogP contribution in [0, 0.1) is 12.3 Å². The summed E-state index contributed by atoms with van der Waals surface area (Å²) in [4.78, 5) is 0. The van der Waals surface area contributed by atoms with Gasteiger partial charge in [0.05, 0.1) is 0 Å². The van der Waals surface area contributed by atoms with E-state index in [-0.39, 0.29) is 17.6 Å². The summed E-state index contributed by atoms with van der Waals surface area (Å²) in [5.74, 6) is -4.51. The highest BCUT2D eigenvalue weighted by atomic mass is 19.3. The van der Waals surface area contributed by atoms with Crippen molar-refractivity contribution in [3.05, 3.63) is 29.3 Å². The molecule has 24 heavy (non-hydrogen) atoms. The Morgan fingerprint density at radius 2 is 1.46 bits per heavy atom. The summed E-state index contributed by atoms with van der Waals surface area (Å²) in [5.41, 5.74) is -0.633. The third-order valence-corrected chi connectivity index (χ3v) is 5.18. The highest BCUT2D eigenvalue weighted by Gasteiger charge is 2.66. The summed E-state index contributed by atoms with van der Waals surface area (Å²) in [6.07, 6.45) is -3.81. The fraction of sp³-hybridized carbons (Fsp3) is 0.684. The van der Waals surface area contributed by atoms with Crippen LogP contribution in [0.1, 0.15) is 65.5 Å². The first kappa shape index (κ1) is 20.8. The molecule has 0 radical (unpaired) electrons. The fourth-order valence-electron chi connectivity index (χ4n) is 2.21. The molecule has 138 valence electrons. The monoisotopic (exact) mass is 348 g/mol. The smallest absolute Gasteiger partial charge is 0.428 e. The lowest BCUT2D eigenvalue weighted by Crippen LogP contribution is -2.54. The van der Waals surface area contributed by atoms with Crippen LogP contribution >= 0.6 is 0 Å². The van der Waals surface area contributed by atoms with Crippen LogP contribution < -0.4 is 4.74 Å². The Hall–Kier alpha value is -1.26. The molecule has 0 saturated heterocycles. The van der Waals surface area contributed by atoms with Gasteiger partial charge < -0.3 is 4.74 Å². The second kappa shape index (κ2) is 6.57.